The average molecular weight is 350 g/mol. The minimum atomic E-state index is -0.194. The van der Waals surface area contributed by atoms with E-state index in [1.165, 1.54) is 12.8 Å². The molecule has 0 heterocycles. The maximum absolute atomic E-state index is 11.6. The molecule has 4 heteroatoms. The Morgan fingerprint density at radius 3 is 2.36 bits per heavy atom. The van der Waals surface area contributed by atoms with E-state index in [1.54, 1.807) is 19.1 Å². The van der Waals surface area contributed by atoms with Gasteiger partial charge in [0.05, 0.1) is 6.10 Å². The van der Waals surface area contributed by atoms with Gasteiger partial charge in [0.25, 0.3) is 0 Å². The van der Waals surface area contributed by atoms with Crippen LogP contribution in [0.4, 0.5) is 0 Å². The van der Waals surface area contributed by atoms with Crippen LogP contribution in [0.3, 0.4) is 0 Å². The highest BCUT2D eigenvalue weighted by atomic mass is 16.6. The van der Waals surface area contributed by atoms with Gasteiger partial charge in [-0.3, -0.25) is 4.79 Å². The van der Waals surface area contributed by atoms with Gasteiger partial charge in [-0.2, -0.15) is 0 Å². The fraction of sp³-hybridized carbons (Fsp3) is 0.667. The zero-order valence-corrected chi connectivity index (χ0v) is 16.0. The van der Waals surface area contributed by atoms with Gasteiger partial charge in [-0.25, -0.2) is 0 Å². The Balaban J connectivity index is 2.78. The van der Waals surface area contributed by atoms with E-state index in [2.05, 4.69) is 13.8 Å². The molecule has 0 saturated carbocycles. The molecule has 4 nitrogen and oxygen atoms in total. The maximum Gasteiger partial charge on any atom is 0.305 e. The van der Waals surface area contributed by atoms with Gasteiger partial charge in [-0.15, -0.1) is 0 Å². The topological polar surface area (TPSA) is 55.8 Å². The number of carbonyl (C=O) groups is 1. The van der Waals surface area contributed by atoms with Crippen molar-refractivity contribution in [2.45, 2.75) is 77.7 Å². The molecule has 25 heavy (non-hydrogen) atoms. The second kappa shape index (κ2) is 12.8. The SMILES string of the molecule is CCCCCCOC(COC(=O)CC)C(CCC)c1ccc(O)cc1. The first-order valence-electron chi connectivity index (χ1n) is 9.68. The molecule has 0 amide bonds. The van der Waals surface area contributed by atoms with Crippen molar-refractivity contribution in [2.75, 3.05) is 13.2 Å². The van der Waals surface area contributed by atoms with Crippen molar-refractivity contribution in [3.8, 4) is 5.75 Å². The molecule has 0 aromatic heterocycles. The van der Waals surface area contributed by atoms with Crippen molar-refractivity contribution in [1.29, 1.82) is 0 Å². The molecule has 142 valence electrons. The molecule has 1 rings (SSSR count). The number of benzene rings is 1. The van der Waals surface area contributed by atoms with Gasteiger partial charge in [-0.1, -0.05) is 58.6 Å². The van der Waals surface area contributed by atoms with Crippen molar-refractivity contribution in [2.24, 2.45) is 0 Å². The minimum absolute atomic E-state index is 0.151. The van der Waals surface area contributed by atoms with Crippen LogP contribution in [0.15, 0.2) is 24.3 Å². The summed E-state index contributed by atoms with van der Waals surface area (Å²) in [6.45, 7) is 7.10. The van der Waals surface area contributed by atoms with Crippen LogP contribution in [-0.2, 0) is 14.3 Å². The Kier molecular flexibility index (Phi) is 11.0. The standard InChI is InChI=1S/C21H34O4/c1-4-7-8-9-15-24-20(16-25-21(23)6-3)19(10-5-2)17-11-13-18(22)14-12-17/h11-14,19-20,22H,4-10,15-16H2,1-3H3. The Labute approximate surface area is 152 Å². The van der Waals surface area contributed by atoms with E-state index in [-0.39, 0.29) is 30.3 Å². The smallest absolute Gasteiger partial charge is 0.305 e. The Hall–Kier alpha value is -1.55. The molecule has 0 aliphatic rings. The molecule has 0 bridgehead atoms. The number of carbonyl (C=O) groups excluding carboxylic acids is 1. The average Bonchev–Trinajstić information content (AvgIpc) is 2.63. The lowest BCUT2D eigenvalue weighted by atomic mass is 9.89. The molecule has 1 aromatic rings. The largest absolute Gasteiger partial charge is 0.508 e. The molecule has 0 aliphatic carbocycles. The minimum Gasteiger partial charge on any atom is -0.508 e. The van der Waals surface area contributed by atoms with Crippen LogP contribution in [0.25, 0.3) is 0 Å². The third-order valence-corrected chi connectivity index (χ3v) is 4.40. The van der Waals surface area contributed by atoms with Gasteiger partial charge in [0.2, 0.25) is 0 Å². The highest BCUT2D eigenvalue weighted by molar-refractivity contribution is 5.68. The normalized spacial score (nSPS) is 13.4. The van der Waals surface area contributed by atoms with E-state index in [9.17, 15) is 9.90 Å². The molecule has 2 atom stereocenters. The van der Waals surface area contributed by atoms with E-state index in [4.69, 9.17) is 9.47 Å². The molecule has 0 radical (unpaired) electrons. The van der Waals surface area contributed by atoms with Crippen molar-refractivity contribution in [1.82, 2.24) is 0 Å². The molecular weight excluding hydrogens is 316 g/mol. The van der Waals surface area contributed by atoms with Crippen LogP contribution in [0.1, 0.15) is 77.2 Å². The monoisotopic (exact) mass is 350 g/mol. The number of phenols is 1. The van der Waals surface area contributed by atoms with Crippen LogP contribution in [-0.4, -0.2) is 30.4 Å². The highest BCUT2D eigenvalue weighted by Crippen LogP contribution is 2.29. The van der Waals surface area contributed by atoms with Gasteiger partial charge in [0.1, 0.15) is 12.4 Å². The third-order valence-electron chi connectivity index (χ3n) is 4.40. The summed E-state index contributed by atoms with van der Waals surface area (Å²) in [6, 6.07) is 7.28. The van der Waals surface area contributed by atoms with Crippen molar-refractivity contribution in [3.63, 3.8) is 0 Å². The Bertz CT molecular complexity index is 469. The molecular formula is C21H34O4. The number of hydrogen-bond acceptors (Lipinski definition) is 4. The summed E-state index contributed by atoms with van der Waals surface area (Å²) >= 11 is 0. The first kappa shape index (κ1) is 21.5. The predicted octanol–water partition coefficient (Wildman–Crippen LogP) is 5.19. The number of unbranched alkanes of at least 4 members (excludes halogenated alkanes) is 3. The second-order valence-electron chi connectivity index (χ2n) is 6.49. The van der Waals surface area contributed by atoms with Crippen molar-refractivity contribution in [3.05, 3.63) is 29.8 Å². The number of hydrogen-bond donors (Lipinski definition) is 1. The van der Waals surface area contributed by atoms with E-state index in [0.29, 0.717) is 13.0 Å². The molecule has 1 N–H and O–H groups in total. The lowest BCUT2D eigenvalue weighted by Gasteiger charge is -2.27. The third kappa shape index (κ3) is 8.39. The Morgan fingerprint density at radius 1 is 1.04 bits per heavy atom. The quantitative estimate of drug-likeness (QED) is 0.393. The number of phenolic OH excluding ortho intramolecular Hbond substituents is 1. The van der Waals surface area contributed by atoms with E-state index in [0.717, 1.165) is 31.2 Å². The van der Waals surface area contributed by atoms with Crippen LogP contribution in [0.5, 0.6) is 5.75 Å². The molecule has 0 spiro atoms. The lowest BCUT2D eigenvalue weighted by molar-refractivity contribution is -0.148. The summed E-state index contributed by atoms with van der Waals surface area (Å²) in [4.78, 5) is 11.6. The summed E-state index contributed by atoms with van der Waals surface area (Å²) in [5, 5.41) is 9.54. The van der Waals surface area contributed by atoms with Crippen LogP contribution < -0.4 is 0 Å². The van der Waals surface area contributed by atoms with Crippen LogP contribution >= 0.6 is 0 Å². The first-order chi connectivity index (χ1) is 12.1. The molecule has 2 unspecified atom stereocenters. The predicted molar refractivity (Wildman–Crippen MR) is 101 cm³/mol. The zero-order chi connectivity index (χ0) is 18.5. The van der Waals surface area contributed by atoms with E-state index < -0.39 is 0 Å². The number of ether oxygens (including phenoxy) is 2. The van der Waals surface area contributed by atoms with Crippen LogP contribution in [0.2, 0.25) is 0 Å². The van der Waals surface area contributed by atoms with E-state index in [1.807, 2.05) is 12.1 Å². The molecule has 0 saturated heterocycles. The van der Waals surface area contributed by atoms with Crippen molar-refractivity contribution >= 4 is 5.97 Å². The number of rotatable bonds is 13. The highest BCUT2D eigenvalue weighted by Gasteiger charge is 2.25. The maximum atomic E-state index is 11.6. The summed E-state index contributed by atoms with van der Waals surface area (Å²) < 4.78 is 11.5. The lowest BCUT2D eigenvalue weighted by Crippen LogP contribution is -2.29. The van der Waals surface area contributed by atoms with Gasteiger partial charge >= 0.3 is 5.97 Å². The summed E-state index contributed by atoms with van der Waals surface area (Å²) in [5.74, 6) is 0.218. The fourth-order valence-electron chi connectivity index (χ4n) is 2.92. The summed E-state index contributed by atoms with van der Waals surface area (Å²) in [7, 11) is 0. The van der Waals surface area contributed by atoms with E-state index >= 15 is 0 Å². The van der Waals surface area contributed by atoms with Gasteiger partial charge in [0.15, 0.2) is 0 Å². The molecule has 1 aromatic carbocycles. The molecule has 0 fully saturated rings. The summed E-state index contributed by atoms with van der Waals surface area (Å²) in [5.41, 5.74) is 1.12. The second-order valence-corrected chi connectivity index (χ2v) is 6.49. The van der Waals surface area contributed by atoms with Crippen molar-refractivity contribution < 1.29 is 19.4 Å². The van der Waals surface area contributed by atoms with Gasteiger partial charge in [0, 0.05) is 18.9 Å². The fourth-order valence-corrected chi connectivity index (χ4v) is 2.92. The zero-order valence-electron chi connectivity index (χ0n) is 16.0. The summed E-state index contributed by atoms with van der Waals surface area (Å²) in [6.07, 6.45) is 6.80. The van der Waals surface area contributed by atoms with Crippen LogP contribution in [0, 0.1) is 0 Å². The molecule has 0 aliphatic heterocycles. The van der Waals surface area contributed by atoms with Gasteiger partial charge in [-0.05, 0) is 30.5 Å². The van der Waals surface area contributed by atoms with Gasteiger partial charge < -0.3 is 14.6 Å². The number of aromatic hydroxyl groups is 1. The first-order valence-corrected chi connectivity index (χ1v) is 9.68. The number of esters is 1. The Morgan fingerprint density at radius 2 is 1.76 bits per heavy atom.